The smallest absolute Gasteiger partial charge is 0.450 e. The fourth-order valence-corrected chi connectivity index (χ4v) is 0.558. The third kappa shape index (κ3) is 73.6. The predicted octanol–water partition coefficient (Wildman–Crippen LogP) is 0.722. The summed E-state index contributed by atoms with van der Waals surface area (Å²) in [7, 11) is 0. The summed E-state index contributed by atoms with van der Waals surface area (Å²) in [5.41, 5.74) is 5.14. The molecule has 0 atom stereocenters. The first-order valence-corrected chi connectivity index (χ1v) is 5.35. The van der Waals surface area contributed by atoms with Crippen LogP contribution >= 0.6 is 0 Å². The molecule has 8 N–H and O–H groups in total. The molecule has 0 unspecified atom stereocenters. The molecule has 7 nitrogen and oxygen atoms in total. The van der Waals surface area contributed by atoms with Gasteiger partial charge in [-0.1, -0.05) is 26.7 Å². The van der Waals surface area contributed by atoms with Gasteiger partial charge in [-0.2, -0.15) is 0 Å². The van der Waals surface area contributed by atoms with E-state index in [0.717, 1.165) is 13.1 Å². The highest BCUT2D eigenvalue weighted by atomic mass is 16.6. The second-order valence-electron chi connectivity index (χ2n) is 2.90. The van der Waals surface area contributed by atoms with Crippen molar-refractivity contribution in [2.75, 3.05) is 13.1 Å². The van der Waals surface area contributed by atoms with Crippen LogP contribution in [-0.4, -0.2) is 29.5 Å². The van der Waals surface area contributed by atoms with Gasteiger partial charge >= 0.3 is 6.16 Å². The lowest BCUT2D eigenvalue weighted by Gasteiger charge is -1.89. The maximum atomic E-state index is 8.56. The number of nitrogens with two attached hydrogens (primary N) is 2. The molecule has 0 fully saturated rings. The molecule has 0 saturated heterocycles. The maximum Gasteiger partial charge on any atom is 0.503 e. The molecule has 16 heavy (non-hydrogen) atoms. The van der Waals surface area contributed by atoms with Crippen molar-refractivity contribution in [1.29, 1.82) is 0 Å². The molecule has 0 radical (unpaired) electrons. The molecule has 0 aromatic rings. The molecule has 0 aromatic carbocycles. The van der Waals surface area contributed by atoms with Crippen molar-refractivity contribution in [3.05, 3.63) is 0 Å². The van der Waals surface area contributed by atoms with E-state index in [1.54, 1.807) is 0 Å². The summed E-state index contributed by atoms with van der Waals surface area (Å²) in [5.74, 6) is 9.93. The Bertz CT molecular complexity index is 105. The van der Waals surface area contributed by atoms with Crippen LogP contribution in [0.25, 0.3) is 0 Å². The van der Waals surface area contributed by atoms with Crippen molar-refractivity contribution in [3.8, 4) is 0 Å². The Morgan fingerprint density at radius 3 is 1.31 bits per heavy atom. The van der Waals surface area contributed by atoms with Gasteiger partial charge in [0.15, 0.2) is 0 Å². The van der Waals surface area contributed by atoms with Crippen molar-refractivity contribution < 1.29 is 15.0 Å². The van der Waals surface area contributed by atoms with Gasteiger partial charge in [-0.3, -0.25) is 22.5 Å². The molecule has 100 valence electrons. The summed E-state index contributed by atoms with van der Waals surface area (Å²) in [6, 6.07) is 0. The van der Waals surface area contributed by atoms with Gasteiger partial charge in [0.25, 0.3) is 0 Å². The summed E-state index contributed by atoms with van der Waals surface area (Å²) >= 11 is 0. The monoisotopic (exact) mass is 238 g/mol. The van der Waals surface area contributed by atoms with Crippen molar-refractivity contribution in [2.24, 2.45) is 11.7 Å². The molecule has 0 amide bonds. The quantitative estimate of drug-likeness (QED) is 0.228. The second kappa shape index (κ2) is 23.7. The van der Waals surface area contributed by atoms with Crippen LogP contribution in [0.4, 0.5) is 4.79 Å². The van der Waals surface area contributed by atoms with Crippen molar-refractivity contribution in [1.82, 2.24) is 10.9 Å². The van der Waals surface area contributed by atoms with Gasteiger partial charge in [-0.25, -0.2) is 4.79 Å². The summed E-state index contributed by atoms with van der Waals surface area (Å²) in [6.07, 6.45) is 2.95. The number of hydrazine groups is 2. The lowest BCUT2D eigenvalue weighted by atomic mass is 10.3. The van der Waals surface area contributed by atoms with Crippen molar-refractivity contribution in [3.63, 3.8) is 0 Å². The minimum Gasteiger partial charge on any atom is -0.450 e. The van der Waals surface area contributed by atoms with Crippen LogP contribution in [0.2, 0.25) is 0 Å². The summed E-state index contributed by atoms with van der Waals surface area (Å²) in [5, 5.41) is 13.9. The topological polar surface area (TPSA) is 134 Å². The van der Waals surface area contributed by atoms with Gasteiger partial charge in [0.05, 0.1) is 0 Å². The highest BCUT2D eigenvalue weighted by Crippen LogP contribution is 1.79. The fraction of sp³-hybridized carbons (Fsp3) is 0.889. The number of hydrogen-bond donors (Lipinski definition) is 6. The first kappa shape index (κ1) is 20.5. The zero-order valence-corrected chi connectivity index (χ0v) is 10.2. The Hall–Kier alpha value is -0.890. The standard InChI is InChI=1S/2C4H12N2.CH2O3/c2*1-2-3-4-6-5;2-1(3)4/h2*6H,2-5H2,1H3;(H2,2,3,4). The van der Waals surface area contributed by atoms with Gasteiger partial charge in [-0.05, 0) is 12.8 Å². The Morgan fingerprint density at radius 2 is 1.25 bits per heavy atom. The lowest BCUT2D eigenvalue weighted by molar-refractivity contribution is 0.137. The molecule has 0 saturated carbocycles. The Morgan fingerprint density at radius 1 is 1.00 bits per heavy atom. The zero-order valence-electron chi connectivity index (χ0n) is 10.2. The maximum absolute atomic E-state index is 8.56. The van der Waals surface area contributed by atoms with E-state index in [4.69, 9.17) is 26.7 Å². The average molecular weight is 238 g/mol. The third-order valence-electron chi connectivity index (χ3n) is 1.35. The van der Waals surface area contributed by atoms with E-state index in [0.29, 0.717) is 0 Å². The number of carbonyl (C=O) groups is 1. The van der Waals surface area contributed by atoms with Crippen molar-refractivity contribution in [2.45, 2.75) is 39.5 Å². The Balaban J connectivity index is -0.000000162. The van der Waals surface area contributed by atoms with Crippen LogP contribution in [0.15, 0.2) is 0 Å². The number of carboxylic acid groups (broad SMARTS) is 2. The molecule has 0 aromatic heterocycles. The van der Waals surface area contributed by atoms with Gasteiger partial charge in [0.1, 0.15) is 0 Å². The first-order chi connectivity index (χ1) is 7.56. The van der Waals surface area contributed by atoms with E-state index in [1.165, 1.54) is 25.7 Å². The molecule has 0 bridgehead atoms. The molecule has 7 heteroatoms. The van der Waals surface area contributed by atoms with Crippen LogP contribution in [-0.2, 0) is 0 Å². The zero-order chi connectivity index (χ0) is 13.2. The summed E-state index contributed by atoms with van der Waals surface area (Å²) in [4.78, 5) is 8.56. The van der Waals surface area contributed by atoms with Gasteiger partial charge in [0, 0.05) is 13.1 Å². The van der Waals surface area contributed by atoms with E-state index < -0.39 is 6.16 Å². The average Bonchev–Trinajstić information content (AvgIpc) is 2.23. The minimum atomic E-state index is -1.83. The predicted molar refractivity (Wildman–Crippen MR) is 64.8 cm³/mol. The summed E-state index contributed by atoms with van der Waals surface area (Å²) < 4.78 is 0. The van der Waals surface area contributed by atoms with Crippen LogP contribution in [0, 0.1) is 0 Å². The van der Waals surface area contributed by atoms with E-state index in [-0.39, 0.29) is 0 Å². The molecular weight excluding hydrogens is 212 g/mol. The normalized spacial score (nSPS) is 8.25. The van der Waals surface area contributed by atoms with Crippen LogP contribution in [0.5, 0.6) is 0 Å². The molecule has 0 rings (SSSR count). The second-order valence-corrected chi connectivity index (χ2v) is 2.90. The van der Waals surface area contributed by atoms with Gasteiger partial charge in [-0.15, -0.1) is 0 Å². The summed E-state index contributed by atoms with van der Waals surface area (Å²) in [6.45, 7) is 6.15. The van der Waals surface area contributed by atoms with Crippen LogP contribution in [0.1, 0.15) is 39.5 Å². The highest BCUT2D eigenvalue weighted by Gasteiger charge is 1.74. The van der Waals surface area contributed by atoms with E-state index >= 15 is 0 Å². The number of hydrogen-bond acceptors (Lipinski definition) is 5. The molecule has 0 aliphatic carbocycles. The number of nitrogens with one attached hydrogen (secondary N) is 2. The highest BCUT2D eigenvalue weighted by molar-refractivity contribution is 5.53. The molecule has 0 aliphatic rings. The molecular formula is C9H26N4O3. The number of unbranched alkanes of at least 4 members (excludes halogenated alkanes) is 2. The largest absolute Gasteiger partial charge is 0.503 e. The minimum absolute atomic E-state index is 0.941. The van der Waals surface area contributed by atoms with Crippen molar-refractivity contribution >= 4 is 6.16 Å². The van der Waals surface area contributed by atoms with Crippen LogP contribution in [0.3, 0.4) is 0 Å². The van der Waals surface area contributed by atoms with E-state index in [2.05, 4.69) is 24.7 Å². The van der Waals surface area contributed by atoms with E-state index in [1.807, 2.05) is 0 Å². The van der Waals surface area contributed by atoms with Gasteiger partial charge in [0.2, 0.25) is 0 Å². The van der Waals surface area contributed by atoms with Crippen LogP contribution < -0.4 is 22.5 Å². The molecule has 0 spiro atoms. The van der Waals surface area contributed by atoms with E-state index in [9.17, 15) is 0 Å². The third-order valence-corrected chi connectivity index (χ3v) is 1.35. The SMILES string of the molecule is CCCCNN.CCCCNN.O=C(O)O. The molecule has 0 aliphatic heterocycles. The fourth-order valence-electron chi connectivity index (χ4n) is 0.558. The lowest BCUT2D eigenvalue weighted by Crippen LogP contribution is -2.22. The number of rotatable bonds is 6. The Kier molecular flexibility index (Phi) is 30.4. The first-order valence-electron chi connectivity index (χ1n) is 5.35. The Labute approximate surface area is 97.1 Å². The van der Waals surface area contributed by atoms with Gasteiger partial charge < -0.3 is 10.2 Å². The molecule has 0 heterocycles.